The fraction of sp³-hybridized carbons (Fsp3) is 0.636. The summed E-state index contributed by atoms with van der Waals surface area (Å²) in [5.74, 6) is -0.188. The summed E-state index contributed by atoms with van der Waals surface area (Å²) in [6.07, 6.45) is 0.868. The molecule has 2 aliphatic heterocycles. The van der Waals surface area contributed by atoms with Crippen LogP contribution in [0.2, 0.25) is 0 Å². The fourth-order valence-corrected chi connectivity index (χ4v) is 4.93. The number of carbonyl (C=O) groups excluding carboxylic acids is 2. The van der Waals surface area contributed by atoms with Gasteiger partial charge >= 0.3 is 0 Å². The molecule has 0 aliphatic carbocycles. The van der Waals surface area contributed by atoms with Crippen LogP contribution in [-0.2, 0) is 21.0 Å². The van der Waals surface area contributed by atoms with Crippen molar-refractivity contribution < 1.29 is 19.5 Å². The molecule has 3 rings (SSSR count). The van der Waals surface area contributed by atoms with Gasteiger partial charge in [-0.2, -0.15) is 0 Å². The molecule has 2 saturated heterocycles. The Morgan fingerprint density at radius 2 is 2.10 bits per heavy atom. The first kappa shape index (κ1) is 22.7. The Labute approximate surface area is 178 Å². The molecule has 2 heterocycles. The van der Waals surface area contributed by atoms with E-state index in [4.69, 9.17) is 4.84 Å². The lowest BCUT2D eigenvalue weighted by atomic mass is 9.87. The topological polar surface area (TPSA) is 85.3 Å². The zero-order chi connectivity index (χ0) is 21.9. The van der Waals surface area contributed by atoms with Crippen LogP contribution in [-0.4, -0.2) is 89.2 Å². The predicted molar refractivity (Wildman–Crippen MR) is 113 cm³/mol. The summed E-state index contributed by atoms with van der Waals surface area (Å²) < 4.78 is 0. The van der Waals surface area contributed by atoms with Crippen molar-refractivity contribution in [1.29, 1.82) is 0 Å². The SMILES string of the molecule is CCN1C(CN(C)[C@H](C(=O)NC)[C@@H](C)O)CCC12CN(OCc1ccccc1)C2=O. The van der Waals surface area contributed by atoms with E-state index in [1.807, 2.05) is 42.3 Å². The van der Waals surface area contributed by atoms with Gasteiger partial charge in [0.1, 0.15) is 18.2 Å². The molecule has 2 unspecified atom stereocenters. The highest BCUT2D eigenvalue weighted by atomic mass is 16.7. The highest BCUT2D eigenvalue weighted by molar-refractivity contribution is 5.92. The Kier molecular flexibility index (Phi) is 7.13. The summed E-state index contributed by atoms with van der Waals surface area (Å²) in [7, 11) is 3.43. The number of amides is 2. The number of aliphatic hydroxyl groups excluding tert-OH is 1. The second-order valence-electron chi connectivity index (χ2n) is 8.35. The van der Waals surface area contributed by atoms with Crippen LogP contribution < -0.4 is 5.32 Å². The average Bonchev–Trinajstić information content (AvgIpc) is 3.10. The number of hydroxylamine groups is 2. The molecule has 8 nitrogen and oxygen atoms in total. The number of nitrogens with zero attached hydrogens (tertiary/aromatic N) is 3. The lowest BCUT2D eigenvalue weighted by molar-refractivity contribution is -0.243. The van der Waals surface area contributed by atoms with E-state index in [1.165, 1.54) is 5.06 Å². The standard InChI is InChI=1S/C22H34N4O4/c1-5-25-18(13-24(4)19(16(2)27)20(28)23-3)11-12-22(25)15-26(21(22)29)30-14-17-9-7-6-8-10-17/h6-10,16,18-19,27H,5,11-15H2,1-4H3,(H,23,28)/t16-,18?,19+,22?/m1/s1. The number of likely N-dealkylation sites (N-methyl/N-ethyl adjacent to an activating group) is 3. The first-order chi connectivity index (χ1) is 14.3. The van der Waals surface area contributed by atoms with Gasteiger partial charge in [0.15, 0.2) is 0 Å². The van der Waals surface area contributed by atoms with Crippen LogP contribution in [0.4, 0.5) is 0 Å². The third-order valence-corrected chi connectivity index (χ3v) is 6.43. The van der Waals surface area contributed by atoms with Crippen LogP contribution in [0.25, 0.3) is 0 Å². The molecular formula is C22H34N4O4. The molecule has 1 spiro atoms. The quantitative estimate of drug-likeness (QED) is 0.572. The number of carbonyl (C=O) groups is 2. The largest absolute Gasteiger partial charge is 0.391 e. The molecule has 0 saturated carbocycles. The van der Waals surface area contributed by atoms with E-state index in [0.717, 1.165) is 24.9 Å². The van der Waals surface area contributed by atoms with Crippen LogP contribution >= 0.6 is 0 Å². The summed E-state index contributed by atoms with van der Waals surface area (Å²) in [5, 5.41) is 14.2. The van der Waals surface area contributed by atoms with Gasteiger partial charge < -0.3 is 10.4 Å². The van der Waals surface area contributed by atoms with Crippen molar-refractivity contribution in [3.63, 3.8) is 0 Å². The molecule has 4 atom stereocenters. The fourth-order valence-electron chi connectivity index (χ4n) is 4.93. The lowest BCUT2D eigenvalue weighted by Crippen LogP contribution is -2.72. The Morgan fingerprint density at radius 3 is 2.67 bits per heavy atom. The van der Waals surface area contributed by atoms with Gasteiger partial charge in [-0.15, -0.1) is 0 Å². The minimum atomic E-state index is -0.785. The second-order valence-corrected chi connectivity index (χ2v) is 8.35. The van der Waals surface area contributed by atoms with Gasteiger partial charge in [-0.05, 0) is 38.9 Å². The number of benzene rings is 1. The molecular weight excluding hydrogens is 384 g/mol. The number of β-lactam (4-membered cyclic amide) rings is 1. The van der Waals surface area contributed by atoms with E-state index in [0.29, 0.717) is 19.7 Å². The van der Waals surface area contributed by atoms with Crippen molar-refractivity contribution in [2.45, 2.75) is 57.0 Å². The van der Waals surface area contributed by atoms with Crippen molar-refractivity contribution in [2.75, 3.05) is 33.7 Å². The van der Waals surface area contributed by atoms with Crippen molar-refractivity contribution in [2.24, 2.45) is 0 Å². The van der Waals surface area contributed by atoms with E-state index in [1.54, 1.807) is 14.0 Å². The first-order valence-electron chi connectivity index (χ1n) is 10.7. The minimum absolute atomic E-state index is 0.0174. The minimum Gasteiger partial charge on any atom is -0.391 e. The van der Waals surface area contributed by atoms with Crippen LogP contribution in [0.1, 0.15) is 32.3 Å². The summed E-state index contributed by atoms with van der Waals surface area (Å²) in [5.41, 5.74) is 0.521. The number of hydrogen-bond donors (Lipinski definition) is 2. The maximum Gasteiger partial charge on any atom is 0.268 e. The Bertz CT molecular complexity index is 744. The monoisotopic (exact) mass is 418 g/mol. The van der Waals surface area contributed by atoms with Crippen LogP contribution in [0.5, 0.6) is 0 Å². The normalized spacial score (nSPS) is 26.1. The average molecular weight is 419 g/mol. The van der Waals surface area contributed by atoms with Crippen LogP contribution in [0, 0.1) is 0 Å². The molecule has 0 radical (unpaired) electrons. The molecule has 2 fully saturated rings. The third-order valence-electron chi connectivity index (χ3n) is 6.43. The number of likely N-dealkylation sites (tertiary alicyclic amines) is 1. The van der Waals surface area contributed by atoms with Gasteiger partial charge in [-0.3, -0.25) is 24.2 Å². The van der Waals surface area contributed by atoms with E-state index in [9.17, 15) is 14.7 Å². The predicted octanol–water partition coefficient (Wildman–Crippen LogP) is 0.611. The molecule has 30 heavy (non-hydrogen) atoms. The van der Waals surface area contributed by atoms with E-state index >= 15 is 0 Å². The molecule has 0 aromatic heterocycles. The maximum absolute atomic E-state index is 13.0. The summed E-state index contributed by atoms with van der Waals surface area (Å²) in [6, 6.07) is 9.34. The van der Waals surface area contributed by atoms with Crippen molar-refractivity contribution in [1.82, 2.24) is 20.2 Å². The number of rotatable bonds is 9. The van der Waals surface area contributed by atoms with E-state index in [2.05, 4.69) is 17.1 Å². The molecule has 2 aliphatic rings. The van der Waals surface area contributed by atoms with Gasteiger partial charge in [-0.1, -0.05) is 37.3 Å². The molecule has 8 heteroatoms. The molecule has 0 bridgehead atoms. The highest BCUT2D eigenvalue weighted by Gasteiger charge is 2.61. The van der Waals surface area contributed by atoms with Crippen LogP contribution in [0.3, 0.4) is 0 Å². The van der Waals surface area contributed by atoms with Crippen LogP contribution in [0.15, 0.2) is 30.3 Å². The first-order valence-corrected chi connectivity index (χ1v) is 10.7. The van der Waals surface area contributed by atoms with Gasteiger partial charge in [0.2, 0.25) is 5.91 Å². The molecule has 166 valence electrons. The van der Waals surface area contributed by atoms with E-state index < -0.39 is 17.7 Å². The van der Waals surface area contributed by atoms with Crippen molar-refractivity contribution >= 4 is 11.8 Å². The Hall–Kier alpha value is -2.00. The smallest absolute Gasteiger partial charge is 0.268 e. The Balaban J connectivity index is 1.61. The van der Waals surface area contributed by atoms with Crippen molar-refractivity contribution in [3.05, 3.63) is 35.9 Å². The Morgan fingerprint density at radius 1 is 1.40 bits per heavy atom. The van der Waals surface area contributed by atoms with Gasteiger partial charge in [-0.25, -0.2) is 5.06 Å². The number of aliphatic hydroxyl groups is 1. The summed E-state index contributed by atoms with van der Waals surface area (Å²) >= 11 is 0. The molecule has 1 aromatic rings. The molecule has 2 N–H and O–H groups in total. The van der Waals surface area contributed by atoms with E-state index in [-0.39, 0.29) is 17.9 Å². The van der Waals surface area contributed by atoms with Gasteiger partial charge in [0.25, 0.3) is 5.91 Å². The summed E-state index contributed by atoms with van der Waals surface area (Å²) in [6.45, 7) is 5.98. The maximum atomic E-state index is 13.0. The zero-order valence-corrected chi connectivity index (χ0v) is 18.4. The molecule has 2 amide bonds. The third kappa shape index (κ3) is 4.23. The second kappa shape index (κ2) is 9.43. The number of hydrogen-bond acceptors (Lipinski definition) is 6. The molecule has 1 aromatic carbocycles. The lowest BCUT2D eigenvalue weighted by Gasteiger charge is -2.51. The highest BCUT2D eigenvalue weighted by Crippen LogP contribution is 2.42. The van der Waals surface area contributed by atoms with Gasteiger partial charge in [0.05, 0.1) is 12.6 Å². The van der Waals surface area contributed by atoms with Crippen molar-refractivity contribution in [3.8, 4) is 0 Å². The van der Waals surface area contributed by atoms with Gasteiger partial charge in [0, 0.05) is 19.6 Å². The number of nitrogens with one attached hydrogen (secondary N) is 1. The summed E-state index contributed by atoms with van der Waals surface area (Å²) in [4.78, 5) is 35.1. The zero-order valence-electron chi connectivity index (χ0n) is 18.4.